The van der Waals surface area contributed by atoms with Gasteiger partial charge in [-0.15, -0.1) is 0 Å². The fraction of sp³-hybridized carbons (Fsp3) is 0.500. The zero-order valence-corrected chi connectivity index (χ0v) is 12.2. The molecule has 1 N–H and O–H groups in total. The SMILES string of the molecule is CC(=O)N(CC(=O)NC1CCCC1)c1ccccc1C. The predicted molar refractivity (Wildman–Crippen MR) is 79.6 cm³/mol. The molecule has 4 nitrogen and oxygen atoms in total. The molecule has 0 radical (unpaired) electrons. The lowest BCUT2D eigenvalue weighted by Crippen LogP contribution is -2.43. The van der Waals surface area contributed by atoms with Gasteiger partial charge in [-0.05, 0) is 31.4 Å². The number of hydrogen-bond acceptors (Lipinski definition) is 2. The molecule has 1 aliphatic rings. The molecule has 1 aromatic rings. The second kappa shape index (κ2) is 6.55. The monoisotopic (exact) mass is 274 g/mol. The largest absolute Gasteiger partial charge is 0.352 e. The summed E-state index contributed by atoms with van der Waals surface area (Å²) >= 11 is 0. The number of carbonyl (C=O) groups is 2. The fourth-order valence-corrected chi connectivity index (χ4v) is 2.72. The van der Waals surface area contributed by atoms with E-state index >= 15 is 0 Å². The molecule has 1 aromatic carbocycles. The van der Waals surface area contributed by atoms with Crippen LogP contribution in [0.5, 0.6) is 0 Å². The molecule has 0 heterocycles. The molecule has 0 atom stereocenters. The highest BCUT2D eigenvalue weighted by Gasteiger charge is 2.21. The molecule has 1 saturated carbocycles. The Balaban J connectivity index is 2.04. The summed E-state index contributed by atoms with van der Waals surface area (Å²) in [6.45, 7) is 3.53. The smallest absolute Gasteiger partial charge is 0.240 e. The van der Waals surface area contributed by atoms with Gasteiger partial charge in [-0.2, -0.15) is 0 Å². The minimum absolute atomic E-state index is 0.0737. The standard InChI is InChI=1S/C16H22N2O2/c1-12-7-3-6-10-15(12)18(13(2)19)11-16(20)17-14-8-4-5-9-14/h3,6-7,10,14H,4-5,8-9,11H2,1-2H3,(H,17,20). The van der Waals surface area contributed by atoms with Gasteiger partial charge in [0.15, 0.2) is 0 Å². The molecule has 0 aliphatic heterocycles. The summed E-state index contributed by atoms with van der Waals surface area (Å²) in [7, 11) is 0. The van der Waals surface area contributed by atoms with Gasteiger partial charge in [-0.25, -0.2) is 0 Å². The average Bonchev–Trinajstić information content (AvgIpc) is 2.89. The van der Waals surface area contributed by atoms with E-state index in [0.717, 1.165) is 24.1 Å². The van der Waals surface area contributed by atoms with Gasteiger partial charge in [0.1, 0.15) is 6.54 Å². The van der Waals surface area contributed by atoms with Gasteiger partial charge >= 0.3 is 0 Å². The van der Waals surface area contributed by atoms with Crippen LogP contribution in [0.2, 0.25) is 0 Å². The highest BCUT2D eigenvalue weighted by Crippen LogP contribution is 2.20. The lowest BCUT2D eigenvalue weighted by molar-refractivity contribution is -0.123. The van der Waals surface area contributed by atoms with Crippen molar-refractivity contribution in [1.29, 1.82) is 0 Å². The van der Waals surface area contributed by atoms with E-state index in [2.05, 4.69) is 5.32 Å². The molecule has 2 amide bonds. The van der Waals surface area contributed by atoms with Crippen LogP contribution in [0.3, 0.4) is 0 Å². The first-order chi connectivity index (χ1) is 9.58. The van der Waals surface area contributed by atoms with Crippen molar-refractivity contribution in [2.75, 3.05) is 11.4 Å². The van der Waals surface area contributed by atoms with Crippen LogP contribution in [-0.4, -0.2) is 24.4 Å². The third-order valence-corrected chi connectivity index (χ3v) is 3.81. The second-order valence-electron chi connectivity index (χ2n) is 5.44. The van der Waals surface area contributed by atoms with Gasteiger partial charge < -0.3 is 10.2 Å². The Morgan fingerprint density at radius 3 is 2.50 bits per heavy atom. The quantitative estimate of drug-likeness (QED) is 0.916. The number of aryl methyl sites for hydroxylation is 1. The molecule has 1 fully saturated rings. The summed E-state index contributed by atoms with van der Waals surface area (Å²) in [5, 5.41) is 3.02. The van der Waals surface area contributed by atoms with E-state index in [0.29, 0.717) is 0 Å². The molecule has 0 unspecified atom stereocenters. The van der Waals surface area contributed by atoms with Gasteiger partial charge in [0.05, 0.1) is 0 Å². The molecule has 4 heteroatoms. The molecule has 0 bridgehead atoms. The Labute approximate surface area is 120 Å². The zero-order valence-electron chi connectivity index (χ0n) is 12.2. The average molecular weight is 274 g/mol. The lowest BCUT2D eigenvalue weighted by atomic mass is 10.1. The van der Waals surface area contributed by atoms with Crippen LogP contribution in [0.4, 0.5) is 5.69 Å². The molecular weight excluding hydrogens is 252 g/mol. The van der Waals surface area contributed by atoms with Gasteiger partial charge in [0.25, 0.3) is 0 Å². The number of rotatable bonds is 4. The number of hydrogen-bond donors (Lipinski definition) is 1. The molecule has 108 valence electrons. The summed E-state index contributed by atoms with van der Waals surface area (Å²) in [5.74, 6) is -0.184. The third-order valence-electron chi connectivity index (χ3n) is 3.81. The molecule has 0 saturated heterocycles. The number of amides is 2. The molecule has 20 heavy (non-hydrogen) atoms. The van der Waals surface area contributed by atoms with Gasteiger partial charge in [0.2, 0.25) is 11.8 Å². The molecule has 0 aromatic heterocycles. The van der Waals surface area contributed by atoms with Crippen LogP contribution >= 0.6 is 0 Å². The highest BCUT2D eigenvalue weighted by molar-refractivity contribution is 5.98. The molecule has 0 spiro atoms. The topological polar surface area (TPSA) is 49.4 Å². The van der Waals surface area contributed by atoms with Crippen molar-refractivity contribution in [3.63, 3.8) is 0 Å². The van der Waals surface area contributed by atoms with E-state index in [1.807, 2.05) is 31.2 Å². The van der Waals surface area contributed by atoms with E-state index in [1.54, 1.807) is 4.90 Å². The molecular formula is C16H22N2O2. The van der Waals surface area contributed by atoms with Gasteiger partial charge in [-0.1, -0.05) is 31.0 Å². The number of para-hydroxylation sites is 1. The summed E-state index contributed by atoms with van der Waals surface area (Å²) in [6.07, 6.45) is 4.46. The minimum Gasteiger partial charge on any atom is -0.352 e. The fourth-order valence-electron chi connectivity index (χ4n) is 2.72. The summed E-state index contributed by atoms with van der Waals surface area (Å²) in [6, 6.07) is 7.91. The number of nitrogens with zero attached hydrogens (tertiary/aromatic N) is 1. The van der Waals surface area contributed by atoms with E-state index in [-0.39, 0.29) is 24.4 Å². The van der Waals surface area contributed by atoms with Crippen molar-refractivity contribution in [2.45, 2.75) is 45.6 Å². The maximum atomic E-state index is 12.1. The third kappa shape index (κ3) is 3.59. The Kier molecular flexibility index (Phi) is 4.77. The van der Waals surface area contributed by atoms with E-state index < -0.39 is 0 Å². The van der Waals surface area contributed by atoms with Gasteiger partial charge in [0, 0.05) is 18.7 Å². The van der Waals surface area contributed by atoms with Crippen LogP contribution in [-0.2, 0) is 9.59 Å². The maximum absolute atomic E-state index is 12.1. The zero-order chi connectivity index (χ0) is 14.5. The van der Waals surface area contributed by atoms with Crippen molar-refractivity contribution >= 4 is 17.5 Å². The molecule has 1 aliphatic carbocycles. The van der Waals surface area contributed by atoms with Crippen LogP contribution in [0, 0.1) is 6.92 Å². The van der Waals surface area contributed by atoms with E-state index in [9.17, 15) is 9.59 Å². The first-order valence-electron chi connectivity index (χ1n) is 7.21. The highest BCUT2D eigenvalue weighted by atomic mass is 16.2. The predicted octanol–water partition coefficient (Wildman–Crippen LogP) is 2.41. The van der Waals surface area contributed by atoms with Crippen LogP contribution < -0.4 is 10.2 Å². The maximum Gasteiger partial charge on any atom is 0.240 e. The lowest BCUT2D eigenvalue weighted by Gasteiger charge is -2.23. The number of anilines is 1. The Morgan fingerprint density at radius 1 is 1.25 bits per heavy atom. The van der Waals surface area contributed by atoms with E-state index in [4.69, 9.17) is 0 Å². The first kappa shape index (κ1) is 14.6. The van der Waals surface area contributed by atoms with E-state index in [1.165, 1.54) is 19.8 Å². The van der Waals surface area contributed by atoms with Crippen molar-refractivity contribution < 1.29 is 9.59 Å². The van der Waals surface area contributed by atoms with Crippen LogP contribution in [0.25, 0.3) is 0 Å². The number of benzene rings is 1. The summed E-state index contributed by atoms with van der Waals surface area (Å²) in [5.41, 5.74) is 1.80. The Morgan fingerprint density at radius 2 is 1.90 bits per heavy atom. The Bertz CT molecular complexity index is 493. The van der Waals surface area contributed by atoms with Crippen LogP contribution in [0.1, 0.15) is 38.2 Å². The minimum atomic E-state index is -0.110. The normalized spacial score (nSPS) is 15.1. The second-order valence-corrected chi connectivity index (χ2v) is 5.44. The number of carbonyl (C=O) groups excluding carboxylic acids is 2. The van der Waals surface area contributed by atoms with Crippen molar-refractivity contribution in [2.24, 2.45) is 0 Å². The van der Waals surface area contributed by atoms with Crippen molar-refractivity contribution in [3.8, 4) is 0 Å². The number of nitrogens with one attached hydrogen (secondary N) is 1. The molecule has 2 rings (SSSR count). The first-order valence-corrected chi connectivity index (χ1v) is 7.21. The summed E-state index contributed by atoms with van der Waals surface area (Å²) in [4.78, 5) is 25.5. The van der Waals surface area contributed by atoms with Crippen molar-refractivity contribution in [1.82, 2.24) is 5.32 Å². The summed E-state index contributed by atoms with van der Waals surface area (Å²) < 4.78 is 0. The van der Waals surface area contributed by atoms with Gasteiger partial charge in [-0.3, -0.25) is 9.59 Å². The van der Waals surface area contributed by atoms with Crippen molar-refractivity contribution in [3.05, 3.63) is 29.8 Å². The Hall–Kier alpha value is -1.84. The van der Waals surface area contributed by atoms with Crippen LogP contribution in [0.15, 0.2) is 24.3 Å².